The highest BCUT2D eigenvalue weighted by atomic mass is 16.5. The van der Waals surface area contributed by atoms with Crippen LogP contribution in [-0.2, 0) is 6.42 Å². The maximum Gasteiger partial charge on any atom is 0.203 e. The normalized spacial score (nSPS) is 10.6. The minimum absolute atomic E-state index is 0.573. The Morgan fingerprint density at radius 1 is 0.885 bits per heavy atom. The fourth-order valence-electron chi connectivity index (χ4n) is 3.09. The van der Waals surface area contributed by atoms with Gasteiger partial charge in [-0.2, -0.15) is 5.10 Å². The lowest BCUT2D eigenvalue weighted by molar-refractivity contribution is 0.324. The molecule has 0 bridgehead atoms. The van der Waals surface area contributed by atoms with Crippen molar-refractivity contribution < 1.29 is 14.2 Å². The summed E-state index contributed by atoms with van der Waals surface area (Å²) in [4.78, 5) is 0. The first kappa shape index (κ1) is 17.9. The van der Waals surface area contributed by atoms with Crippen LogP contribution < -0.4 is 14.2 Å². The van der Waals surface area contributed by atoms with E-state index in [0.29, 0.717) is 17.2 Å². The zero-order valence-electron chi connectivity index (χ0n) is 15.6. The van der Waals surface area contributed by atoms with Crippen LogP contribution >= 0.6 is 0 Å². The fraction of sp³-hybridized carbons (Fsp3) is 0.286. The lowest BCUT2D eigenvalue weighted by Gasteiger charge is -2.14. The van der Waals surface area contributed by atoms with E-state index >= 15 is 0 Å². The summed E-state index contributed by atoms with van der Waals surface area (Å²) >= 11 is 0. The van der Waals surface area contributed by atoms with Gasteiger partial charge < -0.3 is 14.2 Å². The molecule has 2 aromatic carbocycles. The van der Waals surface area contributed by atoms with Crippen LogP contribution in [0, 0.1) is 0 Å². The molecular weight excluding hydrogens is 328 g/mol. The van der Waals surface area contributed by atoms with Crippen LogP contribution in [0.25, 0.3) is 22.4 Å². The third kappa shape index (κ3) is 3.38. The summed E-state index contributed by atoms with van der Waals surface area (Å²) in [6.45, 7) is 2.19. The quantitative estimate of drug-likeness (QED) is 0.668. The maximum absolute atomic E-state index is 5.47. The molecule has 136 valence electrons. The van der Waals surface area contributed by atoms with Crippen molar-refractivity contribution in [2.45, 2.75) is 19.8 Å². The molecule has 5 nitrogen and oxygen atoms in total. The largest absolute Gasteiger partial charge is 0.493 e. The zero-order valence-corrected chi connectivity index (χ0v) is 15.6. The molecule has 0 aliphatic carbocycles. The maximum atomic E-state index is 5.47. The Hall–Kier alpha value is -2.95. The van der Waals surface area contributed by atoms with Crippen molar-refractivity contribution in [1.29, 1.82) is 0 Å². The van der Waals surface area contributed by atoms with Crippen LogP contribution in [0.2, 0.25) is 0 Å². The number of rotatable bonds is 7. The molecule has 3 rings (SSSR count). The summed E-state index contributed by atoms with van der Waals surface area (Å²) in [7, 11) is 4.82. The van der Waals surface area contributed by atoms with E-state index in [1.54, 1.807) is 21.3 Å². The molecule has 26 heavy (non-hydrogen) atoms. The Bertz CT molecular complexity index is 844. The van der Waals surface area contributed by atoms with Gasteiger partial charge in [-0.1, -0.05) is 37.6 Å². The summed E-state index contributed by atoms with van der Waals surface area (Å²) in [6.07, 6.45) is 4.07. The molecule has 0 aliphatic heterocycles. The van der Waals surface area contributed by atoms with Crippen molar-refractivity contribution in [2.24, 2.45) is 0 Å². The van der Waals surface area contributed by atoms with Crippen molar-refractivity contribution in [1.82, 2.24) is 10.2 Å². The number of benzene rings is 2. The number of methoxy groups -OCH3 is 3. The number of aromatic nitrogens is 2. The van der Waals surface area contributed by atoms with Crippen LogP contribution in [0.4, 0.5) is 0 Å². The van der Waals surface area contributed by atoms with Crippen LogP contribution in [-0.4, -0.2) is 31.5 Å². The summed E-state index contributed by atoms with van der Waals surface area (Å²) in [6, 6.07) is 12.5. The van der Waals surface area contributed by atoms with Gasteiger partial charge in [0.2, 0.25) is 5.75 Å². The predicted molar refractivity (Wildman–Crippen MR) is 103 cm³/mol. The van der Waals surface area contributed by atoms with Gasteiger partial charge in [-0.25, -0.2) is 0 Å². The first-order chi connectivity index (χ1) is 12.7. The number of H-pyrrole nitrogens is 1. The molecule has 0 atom stereocenters. The third-order valence-electron chi connectivity index (χ3n) is 4.40. The average Bonchev–Trinajstić information content (AvgIpc) is 3.17. The number of hydrogen-bond donors (Lipinski definition) is 1. The highest BCUT2D eigenvalue weighted by Gasteiger charge is 2.17. The lowest BCUT2D eigenvalue weighted by atomic mass is 9.99. The molecule has 0 aliphatic rings. The number of hydrogen-bond acceptors (Lipinski definition) is 4. The first-order valence-electron chi connectivity index (χ1n) is 8.64. The minimum Gasteiger partial charge on any atom is -0.493 e. The summed E-state index contributed by atoms with van der Waals surface area (Å²) in [5.74, 6) is 1.80. The molecular formula is C21H24N2O3. The summed E-state index contributed by atoms with van der Waals surface area (Å²) in [5.41, 5.74) is 5.32. The molecule has 1 aromatic heterocycles. The second-order valence-electron chi connectivity index (χ2n) is 6.02. The van der Waals surface area contributed by atoms with Gasteiger partial charge in [0, 0.05) is 11.1 Å². The Morgan fingerprint density at radius 3 is 2.08 bits per heavy atom. The van der Waals surface area contributed by atoms with Crippen molar-refractivity contribution >= 4 is 0 Å². The van der Waals surface area contributed by atoms with E-state index in [0.717, 1.165) is 35.2 Å². The van der Waals surface area contributed by atoms with Gasteiger partial charge in [0.25, 0.3) is 0 Å². The molecule has 1 N–H and O–H groups in total. The Labute approximate surface area is 153 Å². The van der Waals surface area contributed by atoms with Gasteiger partial charge >= 0.3 is 0 Å². The van der Waals surface area contributed by atoms with Crippen molar-refractivity contribution in [3.8, 4) is 39.6 Å². The summed E-state index contributed by atoms with van der Waals surface area (Å²) < 4.78 is 16.3. The number of aryl methyl sites for hydroxylation is 1. The van der Waals surface area contributed by atoms with Crippen LogP contribution in [0.3, 0.4) is 0 Å². The van der Waals surface area contributed by atoms with Crippen molar-refractivity contribution in [3.63, 3.8) is 0 Å². The molecule has 0 radical (unpaired) electrons. The van der Waals surface area contributed by atoms with E-state index in [2.05, 4.69) is 41.4 Å². The van der Waals surface area contributed by atoms with Gasteiger partial charge in [0.15, 0.2) is 11.5 Å². The topological polar surface area (TPSA) is 56.4 Å². The van der Waals surface area contributed by atoms with Crippen LogP contribution in [0.15, 0.2) is 42.6 Å². The van der Waals surface area contributed by atoms with Gasteiger partial charge in [-0.3, -0.25) is 5.10 Å². The average molecular weight is 352 g/mol. The second kappa shape index (κ2) is 7.95. The minimum atomic E-state index is 0.573. The lowest BCUT2D eigenvalue weighted by Crippen LogP contribution is -1.96. The van der Waals surface area contributed by atoms with E-state index in [9.17, 15) is 0 Å². The number of ether oxygens (including phenoxy) is 3. The van der Waals surface area contributed by atoms with E-state index in [-0.39, 0.29) is 0 Å². The van der Waals surface area contributed by atoms with E-state index in [1.165, 1.54) is 5.56 Å². The first-order valence-corrected chi connectivity index (χ1v) is 8.64. The van der Waals surface area contributed by atoms with Gasteiger partial charge in [0.05, 0.1) is 33.2 Å². The van der Waals surface area contributed by atoms with Gasteiger partial charge in [-0.05, 0) is 29.7 Å². The monoisotopic (exact) mass is 352 g/mol. The van der Waals surface area contributed by atoms with E-state index < -0.39 is 0 Å². The highest BCUT2D eigenvalue weighted by Crippen LogP contribution is 2.42. The Balaban J connectivity index is 2.05. The van der Waals surface area contributed by atoms with Crippen LogP contribution in [0.1, 0.15) is 18.9 Å². The second-order valence-corrected chi connectivity index (χ2v) is 6.02. The molecule has 0 unspecified atom stereocenters. The molecule has 1 heterocycles. The zero-order chi connectivity index (χ0) is 18.5. The number of nitrogens with zero attached hydrogens (tertiary/aromatic N) is 1. The molecule has 0 fully saturated rings. The van der Waals surface area contributed by atoms with Crippen molar-refractivity contribution in [3.05, 3.63) is 48.2 Å². The molecule has 0 saturated heterocycles. The third-order valence-corrected chi connectivity index (χ3v) is 4.40. The number of aromatic amines is 1. The van der Waals surface area contributed by atoms with Gasteiger partial charge in [-0.15, -0.1) is 0 Å². The van der Waals surface area contributed by atoms with E-state index in [4.69, 9.17) is 14.2 Å². The van der Waals surface area contributed by atoms with E-state index in [1.807, 2.05) is 18.3 Å². The molecule has 5 heteroatoms. The predicted octanol–water partition coefficient (Wildman–Crippen LogP) is 4.72. The smallest absolute Gasteiger partial charge is 0.203 e. The fourth-order valence-corrected chi connectivity index (χ4v) is 3.09. The summed E-state index contributed by atoms with van der Waals surface area (Å²) in [5, 5.41) is 7.35. The molecule has 0 spiro atoms. The highest BCUT2D eigenvalue weighted by molar-refractivity contribution is 5.82. The Kier molecular flexibility index (Phi) is 5.46. The number of nitrogens with one attached hydrogen (secondary N) is 1. The van der Waals surface area contributed by atoms with Gasteiger partial charge in [0.1, 0.15) is 0 Å². The van der Waals surface area contributed by atoms with Crippen LogP contribution in [0.5, 0.6) is 17.2 Å². The molecule has 0 amide bonds. The Morgan fingerprint density at radius 2 is 1.54 bits per heavy atom. The molecule has 0 saturated carbocycles. The molecule has 3 aromatic rings. The SMILES string of the molecule is CCCc1ccc(-c2cn[nH]c2-c2cc(OC)c(OC)c(OC)c2)cc1. The standard InChI is InChI=1S/C21H24N2O3/c1-5-6-14-7-9-15(10-8-14)17-13-22-23-20(17)16-11-18(24-2)21(26-4)19(12-16)25-3/h7-13H,5-6H2,1-4H3,(H,22,23). The van der Waals surface area contributed by atoms with Crippen molar-refractivity contribution in [2.75, 3.05) is 21.3 Å².